The second kappa shape index (κ2) is 6.01. The van der Waals surface area contributed by atoms with E-state index < -0.39 is 0 Å². The first-order chi connectivity index (χ1) is 10.0. The minimum atomic E-state index is -0.364. The zero-order chi connectivity index (χ0) is 15.4. The lowest BCUT2D eigenvalue weighted by molar-refractivity contribution is -0.115. The van der Waals surface area contributed by atoms with Crippen LogP contribution in [-0.4, -0.2) is 15.9 Å². The van der Waals surface area contributed by atoms with Crippen LogP contribution in [0, 0.1) is 25.2 Å². The molecule has 0 fully saturated rings. The van der Waals surface area contributed by atoms with Crippen LogP contribution in [-0.2, 0) is 11.2 Å². The number of hydrogen-bond acceptors (Lipinski definition) is 4. The molecule has 1 amide bonds. The predicted octanol–water partition coefficient (Wildman–Crippen LogP) is 1.44. The van der Waals surface area contributed by atoms with Crippen LogP contribution in [0.4, 0.5) is 5.69 Å². The second-order valence-electron chi connectivity index (χ2n) is 4.60. The first-order valence-corrected chi connectivity index (χ1v) is 6.36. The highest BCUT2D eigenvalue weighted by molar-refractivity contribution is 5.93. The van der Waals surface area contributed by atoms with Gasteiger partial charge in [0, 0.05) is 11.3 Å². The molecule has 0 saturated carbocycles. The molecule has 106 valence electrons. The van der Waals surface area contributed by atoms with E-state index in [4.69, 9.17) is 5.26 Å². The number of aryl methyl sites for hydroxylation is 2. The van der Waals surface area contributed by atoms with Crippen LogP contribution >= 0.6 is 0 Å². The van der Waals surface area contributed by atoms with E-state index >= 15 is 0 Å². The first kappa shape index (κ1) is 14.5. The number of carbonyl (C=O) groups excluding carboxylic acids is 1. The van der Waals surface area contributed by atoms with Crippen molar-refractivity contribution < 1.29 is 4.79 Å². The van der Waals surface area contributed by atoms with E-state index in [-0.39, 0.29) is 17.9 Å². The molecule has 2 N–H and O–H groups in total. The lowest BCUT2D eigenvalue weighted by atomic mass is 10.1. The van der Waals surface area contributed by atoms with Gasteiger partial charge in [0.2, 0.25) is 5.91 Å². The summed E-state index contributed by atoms with van der Waals surface area (Å²) >= 11 is 0. The van der Waals surface area contributed by atoms with Gasteiger partial charge in [-0.25, -0.2) is 4.98 Å². The Morgan fingerprint density at radius 2 is 2.10 bits per heavy atom. The van der Waals surface area contributed by atoms with Gasteiger partial charge in [0.05, 0.1) is 17.7 Å². The molecule has 0 unspecified atom stereocenters. The summed E-state index contributed by atoms with van der Waals surface area (Å²) in [5, 5.41) is 11.6. The van der Waals surface area contributed by atoms with E-state index in [0.717, 1.165) is 0 Å². The molecule has 0 aliphatic heterocycles. The molecule has 0 saturated heterocycles. The van der Waals surface area contributed by atoms with Crippen molar-refractivity contribution >= 4 is 11.6 Å². The number of benzene rings is 1. The van der Waals surface area contributed by atoms with Crippen LogP contribution in [0.25, 0.3) is 0 Å². The van der Waals surface area contributed by atoms with Crippen molar-refractivity contribution in [3.63, 3.8) is 0 Å². The maximum atomic E-state index is 12.0. The van der Waals surface area contributed by atoms with Gasteiger partial charge in [0.15, 0.2) is 0 Å². The van der Waals surface area contributed by atoms with E-state index in [2.05, 4.69) is 15.3 Å². The lowest BCUT2D eigenvalue weighted by Gasteiger charge is -2.08. The molecule has 2 aromatic rings. The summed E-state index contributed by atoms with van der Waals surface area (Å²) in [4.78, 5) is 30.6. The molecule has 1 heterocycles. The normalized spacial score (nSPS) is 9.95. The molecule has 2 rings (SSSR count). The third kappa shape index (κ3) is 3.34. The van der Waals surface area contributed by atoms with E-state index in [1.54, 1.807) is 38.1 Å². The maximum Gasteiger partial charge on any atom is 0.254 e. The number of hydrogen-bond donors (Lipinski definition) is 2. The quantitative estimate of drug-likeness (QED) is 0.889. The van der Waals surface area contributed by atoms with Crippen molar-refractivity contribution in [2.75, 3.05) is 5.32 Å². The van der Waals surface area contributed by atoms with Gasteiger partial charge < -0.3 is 10.3 Å². The van der Waals surface area contributed by atoms with Crippen LogP contribution in [0.2, 0.25) is 0 Å². The zero-order valence-electron chi connectivity index (χ0n) is 11.7. The zero-order valence-corrected chi connectivity index (χ0v) is 11.7. The van der Waals surface area contributed by atoms with E-state index in [0.29, 0.717) is 28.3 Å². The van der Waals surface area contributed by atoms with Crippen molar-refractivity contribution in [1.29, 1.82) is 5.26 Å². The second-order valence-corrected chi connectivity index (χ2v) is 4.60. The van der Waals surface area contributed by atoms with Gasteiger partial charge in [-0.2, -0.15) is 5.26 Å². The average molecular weight is 282 g/mol. The molecule has 0 atom stereocenters. The number of nitrogens with zero attached hydrogens (tertiary/aromatic N) is 2. The Morgan fingerprint density at radius 3 is 2.76 bits per heavy atom. The van der Waals surface area contributed by atoms with Gasteiger partial charge in [-0.05, 0) is 26.0 Å². The van der Waals surface area contributed by atoms with Gasteiger partial charge in [-0.1, -0.05) is 12.1 Å². The van der Waals surface area contributed by atoms with Gasteiger partial charge in [-0.3, -0.25) is 9.59 Å². The molecule has 21 heavy (non-hydrogen) atoms. The Hall–Kier alpha value is -2.94. The van der Waals surface area contributed by atoms with Crippen molar-refractivity contribution in [3.05, 3.63) is 57.3 Å². The van der Waals surface area contributed by atoms with E-state index in [1.165, 1.54) is 0 Å². The fourth-order valence-electron chi connectivity index (χ4n) is 2.00. The number of aromatic nitrogens is 2. The van der Waals surface area contributed by atoms with Gasteiger partial charge in [0.1, 0.15) is 11.9 Å². The monoisotopic (exact) mass is 282 g/mol. The highest BCUT2D eigenvalue weighted by Gasteiger charge is 2.13. The highest BCUT2D eigenvalue weighted by Crippen LogP contribution is 2.14. The topological polar surface area (TPSA) is 98.6 Å². The summed E-state index contributed by atoms with van der Waals surface area (Å²) in [6.07, 6.45) is -0.0891. The lowest BCUT2D eigenvalue weighted by Crippen LogP contribution is -2.24. The van der Waals surface area contributed by atoms with Crippen LogP contribution in [0.15, 0.2) is 29.1 Å². The third-order valence-electron chi connectivity index (χ3n) is 3.00. The van der Waals surface area contributed by atoms with Crippen molar-refractivity contribution in [2.24, 2.45) is 0 Å². The minimum absolute atomic E-state index is 0.0891. The molecular weight excluding hydrogens is 268 g/mol. The summed E-state index contributed by atoms with van der Waals surface area (Å²) in [5.74, 6) is 0.147. The minimum Gasteiger partial charge on any atom is -0.325 e. The molecular formula is C15H14N4O2. The van der Waals surface area contributed by atoms with Gasteiger partial charge in [-0.15, -0.1) is 0 Å². The van der Waals surface area contributed by atoms with E-state index in [1.807, 2.05) is 6.07 Å². The molecule has 1 aromatic heterocycles. The van der Waals surface area contributed by atoms with Gasteiger partial charge in [0.25, 0.3) is 5.56 Å². The summed E-state index contributed by atoms with van der Waals surface area (Å²) in [6, 6.07) is 8.69. The molecule has 0 radical (unpaired) electrons. The standard InChI is InChI=1S/C15H14N4O2/c1-9-12(15(21)18-10(2)17-9)7-14(20)19-13-6-4-3-5-11(13)8-16/h3-6H,7H2,1-2H3,(H,19,20)(H,17,18,21). The average Bonchev–Trinajstić information content (AvgIpc) is 2.43. The Labute approximate surface area is 121 Å². The van der Waals surface area contributed by atoms with Crippen molar-refractivity contribution in [2.45, 2.75) is 20.3 Å². The van der Waals surface area contributed by atoms with Crippen LogP contribution < -0.4 is 10.9 Å². The number of nitrogens with one attached hydrogen (secondary N) is 2. The largest absolute Gasteiger partial charge is 0.325 e. The molecule has 0 bridgehead atoms. The smallest absolute Gasteiger partial charge is 0.254 e. The summed E-state index contributed by atoms with van der Waals surface area (Å²) < 4.78 is 0. The SMILES string of the molecule is Cc1nc(C)c(CC(=O)Nc2ccccc2C#N)c(=O)[nH]1. The number of aromatic amines is 1. The molecule has 1 aromatic carbocycles. The molecule has 0 spiro atoms. The van der Waals surface area contributed by atoms with Crippen LogP contribution in [0.1, 0.15) is 22.6 Å². The van der Waals surface area contributed by atoms with Gasteiger partial charge >= 0.3 is 0 Å². The fourth-order valence-corrected chi connectivity index (χ4v) is 2.00. The Bertz CT molecular complexity index is 787. The Balaban J connectivity index is 2.20. The van der Waals surface area contributed by atoms with Crippen molar-refractivity contribution in [3.8, 4) is 6.07 Å². The molecule has 6 heteroatoms. The third-order valence-corrected chi connectivity index (χ3v) is 3.00. The van der Waals surface area contributed by atoms with Crippen LogP contribution in [0.5, 0.6) is 0 Å². The summed E-state index contributed by atoms with van der Waals surface area (Å²) in [6.45, 7) is 3.37. The Morgan fingerprint density at radius 1 is 1.38 bits per heavy atom. The number of para-hydroxylation sites is 1. The molecule has 6 nitrogen and oxygen atoms in total. The molecule has 0 aliphatic carbocycles. The predicted molar refractivity (Wildman–Crippen MR) is 77.8 cm³/mol. The highest BCUT2D eigenvalue weighted by atomic mass is 16.2. The molecule has 0 aliphatic rings. The Kier molecular flexibility index (Phi) is 4.14. The first-order valence-electron chi connectivity index (χ1n) is 6.36. The number of nitriles is 1. The number of H-pyrrole nitrogens is 1. The summed E-state index contributed by atoms with van der Waals surface area (Å²) in [5.41, 5.74) is 1.34. The van der Waals surface area contributed by atoms with E-state index in [9.17, 15) is 9.59 Å². The number of anilines is 1. The fraction of sp³-hybridized carbons (Fsp3) is 0.200. The number of rotatable bonds is 3. The summed E-state index contributed by atoms with van der Waals surface area (Å²) in [7, 11) is 0. The van der Waals surface area contributed by atoms with Crippen molar-refractivity contribution in [1.82, 2.24) is 9.97 Å². The number of carbonyl (C=O) groups is 1. The van der Waals surface area contributed by atoms with Crippen LogP contribution in [0.3, 0.4) is 0 Å². The maximum absolute atomic E-state index is 12.0. The number of amides is 1.